The Bertz CT molecular complexity index is 596. The number of aryl methyl sites for hydroxylation is 1. The van der Waals surface area contributed by atoms with Crippen LogP contribution in [0.5, 0.6) is 0 Å². The third kappa shape index (κ3) is 3.16. The Labute approximate surface area is 119 Å². The molecule has 0 aliphatic carbocycles. The molecule has 2 aromatic rings. The van der Waals surface area contributed by atoms with E-state index in [4.69, 9.17) is 5.84 Å². The molecule has 0 saturated carbocycles. The number of anilines is 1. The number of hydrogen-bond acceptors (Lipinski definition) is 3. The van der Waals surface area contributed by atoms with E-state index in [2.05, 4.69) is 10.7 Å². The van der Waals surface area contributed by atoms with Crippen LogP contribution in [0.1, 0.15) is 34.5 Å². The van der Waals surface area contributed by atoms with Crippen molar-refractivity contribution in [3.63, 3.8) is 0 Å². The molecule has 0 fully saturated rings. The first kappa shape index (κ1) is 14.1. The van der Waals surface area contributed by atoms with E-state index in [9.17, 15) is 4.79 Å². The van der Waals surface area contributed by atoms with Gasteiger partial charge in [-0.3, -0.25) is 10.6 Å². The van der Waals surface area contributed by atoms with Crippen LogP contribution in [0.25, 0.3) is 0 Å². The first-order valence-corrected chi connectivity index (χ1v) is 6.55. The predicted octanol–water partition coefficient (Wildman–Crippen LogP) is 2.77. The Balaban J connectivity index is 2.10. The van der Waals surface area contributed by atoms with Crippen LogP contribution in [0.15, 0.2) is 48.5 Å². The maximum atomic E-state index is 12.2. The highest BCUT2D eigenvalue weighted by molar-refractivity contribution is 5.95. The molecule has 4 heteroatoms. The van der Waals surface area contributed by atoms with E-state index in [-0.39, 0.29) is 11.9 Å². The minimum absolute atomic E-state index is 0.0312. The summed E-state index contributed by atoms with van der Waals surface area (Å²) in [5, 5.41) is 2.99. The van der Waals surface area contributed by atoms with Crippen LogP contribution >= 0.6 is 0 Å². The number of benzene rings is 2. The summed E-state index contributed by atoms with van der Waals surface area (Å²) in [4.78, 5) is 12.2. The van der Waals surface area contributed by atoms with Gasteiger partial charge in [0.05, 0.1) is 11.7 Å². The van der Waals surface area contributed by atoms with Gasteiger partial charge in [-0.2, -0.15) is 0 Å². The van der Waals surface area contributed by atoms with Crippen molar-refractivity contribution in [1.29, 1.82) is 0 Å². The summed E-state index contributed by atoms with van der Waals surface area (Å²) in [6.45, 7) is 3.88. The SMILES string of the molecule is Cc1cc(C(=O)NC(C)c2ccccc2)ccc1NN. The molecule has 0 bridgehead atoms. The first-order valence-electron chi connectivity index (χ1n) is 6.55. The van der Waals surface area contributed by atoms with E-state index >= 15 is 0 Å². The molecule has 0 saturated heterocycles. The van der Waals surface area contributed by atoms with E-state index in [0.717, 1.165) is 16.8 Å². The maximum Gasteiger partial charge on any atom is 0.251 e. The van der Waals surface area contributed by atoms with E-state index in [0.29, 0.717) is 5.56 Å². The lowest BCUT2D eigenvalue weighted by molar-refractivity contribution is 0.0940. The molecular formula is C16H19N3O. The van der Waals surface area contributed by atoms with E-state index in [1.165, 1.54) is 0 Å². The second-order valence-electron chi connectivity index (χ2n) is 4.78. The third-order valence-electron chi connectivity index (χ3n) is 3.29. The van der Waals surface area contributed by atoms with Gasteiger partial charge in [0.1, 0.15) is 0 Å². The molecule has 0 aliphatic rings. The summed E-state index contributed by atoms with van der Waals surface area (Å²) in [6.07, 6.45) is 0. The van der Waals surface area contributed by atoms with Crippen LogP contribution in [0.3, 0.4) is 0 Å². The number of rotatable bonds is 4. The fraction of sp³-hybridized carbons (Fsp3) is 0.188. The summed E-state index contributed by atoms with van der Waals surface area (Å²) in [7, 11) is 0. The molecule has 1 unspecified atom stereocenters. The third-order valence-corrected chi connectivity index (χ3v) is 3.29. The first-order chi connectivity index (χ1) is 9.61. The highest BCUT2D eigenvalue weighted by Gasteiger charge is 2.12. The van der Waals surface area contributed by atoms with Crippen LogP contribution in [0.4, 0.5) is 5.69 Å². The zero-order valence-electron chi connectivity index (χ0n) is 11.7. The van der Waals surface area contributed by atoms with Gasteiger partial charge in [0.2, 0.25) is 0 Å². The van der Waals surface area contributed by atoms with Gasteiger partial charge in [-0.25, -0.2) is 0 Å². The maximum absolute atomic E-state index is 12.2. The number of carbonyl (C=O) groups excluding carboxylic acids is 1. The number of nitrogen functional groups attached to an aromatic ring is 1. The molecule has 4 N–H and O–H groups in total. The number of amides is 1. The molecule has 20 heavy (non-hydrogen) atoms. The molecule has 0 radical (unpaired) electrons. The van der Waals surface area contributed by atoms with Gasteiger partial charge < -0.3 is 10.7 Å². The van der Waals surface area contributed by atoms with Crippen molar-refractivity contribution in [3.8, 4) is 0 Å². The molecular weight excluding hydrogens is 250 g/mol. The lowest BCUT2D eigenvalue weighted by Crippen LogP contribution is -2.26. The topological polar surface area (TPSA) is 67.2 Å². The van der Waals surface area contributed by atoms with Crippen molar-refractivity contribution in [2.75, 3.05) is 5.43 Å². The van der Waals surface area contributed by atoms with Crippen LogP contribution in [-0.2, 0) is 0 Å². The summed E-state index contributed by atoms with van der Waals surface area (Å²) in [6, 6.07) is 15.2. The van der Waals surface area contributed by atoms with Gasteiger partial charge in [0.15, 0.2) is 0 Å². The van der Waals surface area contributed by atoms with Gasteiger partial charge >= 0.3 is 0 Å². The number of hydrogen-bond donors (Lipinski definition) is 3. The average molecular weight is 269 g/mol. The standard InChI is InChI=1S/C16H19N3O/c1-11-10-14(8-9-15(11)19-17)16(20)18-12(2)13-6-4-3-5-7-13/h3-10,12,19H,17H2,1-2H3,(H,18,20). The smallest absolute Gasteiger partial charge is 0.251 e. The lowest BCUT2D eigenvalue weighted by Gasteiger charge is -2.15. The van der Waals surface area contributed by atoms with E-state index in [1.54, 1.807) is 12.1 Å². The van der Waals surface area contributed by atoms with Crippen LogP contribution in [0, 0.1) is 6.92 Å². The van der Waals surface area contributed by atoms with Crippen molar-refractivity contribution < 1.29 is 4.79 Å². The predicted molar refractivity (Wildman–Crippen MR) is 81.3 cm³/mol. The highest BCUT2D eigenvalue weighted by atomic mass is 16.1. The van der Waals surface area contributed by atoms with Crippen molar-refractivity contribution in [2.45, 2.75) is 19.9 Å². The Morgan fingerprint density at radius 1 is 1.15 bits per heavy atom. The minimum atomic E-state index is -0.0898. The Morgan fingerprint density at radius 2 is 1.85 bits per heavy atom. The monoisotopic (exact) mass is 269 g/mol. The summed E-state index contributed by atoms with van der Waals surface area (Å²) in [5.41, 5.74) is 6.06. The molecule has 0 heterocycles. The van der Waals surface area contributed by atoms with Gasteiger partial charge in [-0.1, -0.05) is 30.3 Å². The Hall–Kier alpha value is -2.33. The number of nitrogens with one attached hydrogen (secondary N) is 2. The molecule has 0 aromatic heterocycles. The van der Waals surface area contributed by atoms with Crippen LogP contribution < -0.4 is 16.6 Å². The van der Waals surface area contributed by atoms with E-state index in [1.807, 2.05) is 50.2 Å². The Morgan fingerprint density at radius 3 is 2.45 bits per heavy atom. The largest absolute Gasteiger partial charge is 0.346 e. The van der Waals surface area contributed by atoms with Crippen molar-refractivity contribution in [3.05, 3.63) is 65.2 Å². The number of hydrazine groups is 1. The summed E-state index contributed by atoms with van der Waals surface area (Å²) in [5.74, 6) is 5.29. The van der Waals surface area contributed by atoms with E-state index < -0.39 is 0 Å². The van der Waals surface area contributed by atoms with Crippen molar-refractivity contribution >= 4 is 11.6 Å². The lowest BCUT2D eigenvalue weighted by atomic mass is 10.1. The average Bonchev–Trinajstić information content (AvgIpc) is 2.48. The number of carbonyl (C=O) groups is 1. The van der Waals surface area contributed by atoms with Crippen molar-refractivity contribution in [1.82, 2.24) is 5.32 Å². The van der Waals surface area contributed by atoms with Gasteiger partial charge in [-0.05, 0) is 43.2 Å². The van der Waals surface area contributed by atoms with Crippen LogP contribution in [-0.4, -0.2) is 5.91 Å². The fourth-order valence-electron chi connectivity index (χ4n) is 2.07. The van der Waals surface area contributed by atoms with Crippen LogP contribution in [0.2, 0.25) is 0 Å². The quantitative estimate of drug-likeness (QED) is 0.590. The molecule has 4 nitrogen and oxygen atoms in total. The highest BCUT2D eigenvalue weighted by Crippen LogP contribution is 2.17. The van der Waals surface area contributed by atoms with Gasteiger partial charge in [-0.15, -0.1) is 0 Å². The fourth-order valence-corrected chi connectivity index (χ4v) is 2.07. The minimum Gasteiger partial charge on any atom is -0.346 e. The van der Waals surface area contributed by atoms with Gasteiger partial charge in [0.25, 0.3) is 5.91 Å². The zero-order valence-corrected chi connectivity index (χ0v) is 11.7. The molecule has 1 atom stereocenters. The zero-order chi connectivity index (χ0) is 14.5. The molecule has 1 amide bonds. The molecule has 0 aliphatic heterocycles. The molecule has 104 valence electrons. The summed E-state index contributed by atoms with van der Waals surface area (Å²) >= 11 is 0. The summed E-state index contributed by atoms with van der Waals surface area (Å²) < 4.78 is 0. The normalized spacial score (nSPS) is 11.8. The van der Waals surface area contributed by atoms with Gasteiger partial charge in [0, 0.05) is 5.56 Å². The van der Waals surface area contributed by atoms with Crippen molar-refractivity contribution in [2.24, 2.45) is 5.84 Å². The second kappa shape index (κ2) is 6.21. The Kier molecular flexibility index (Phi) is 4.38. The molecule has 0 spiro atoms. The molecule has 2 aromatic carbocycles. The second-order valence-corrected chi connectivity index (χ2v) is 4.78. The number of nitrogens with two attached hydrogens (primary N) is 1. The molecule has 2 rings (SSSR count).